The zero-order chi connectivity index (χ0) is 4.41. The molecule has 33 valence electrons. The molecule has 1 radical (unpaired) electrons. The molecule has 0 spiro atoms. The molecule has 0 amide bonds. The van der Waals surface area contributed by atoms with Gasteiger partial charge in [0.2, 0.25) is 6.29 Å². The van der Waals surface area contributed by atoms with E-state index in [0.29, 0.717) is 0 Å². The van der Waals surface area contributed by atoms with Gasteiger partial charge in [-0.05, 0) is 13.0 Å². The third-order valence-electron chi connectivity index (χ3n) is 0.966. The van der Waals surface area contributed by atoms with E-state index in [-0.39, 0.29) is 6.04 Å². The van der Waals surface area contributed by atoms with Crippen molar-refractivity contribution in [3.63, 3.8) is 0 Å². The molecular formula is C4H6NO. The molecule has 1 atom stereocenters. The quantitative estimate of drug-likeness (QED) is 0.462. The van der Waals surface area contributed by atoms with Gasteiger partial charge in [0.25, 0.3) is 0 Å². The Morgan fingerprint density at radius 2 is 2.50 bits per heavy atom. The summed E-state index contributed by atoms with van der Waals surface area (Å²) in [5, 5.41) is 2.87. The van der Waals surface area contributed by atoms with Gasteiger partial charge in [0.05, 0.1) is 6.04 Å². The molecule has 0 saturated carbocycles. The Morgan fingerprint density at radius 1 is 1.83 bits per heavy atom. The molecule has 0 aromatic rings. The van der Waals surface area contributed by atoms with Gasteiger partial charge in [-0.1, -0.05) is 0 Å². The third kappa shape index (κ3) is 0.431. The van der Waals surface area contributed by atoms with Crippen LogP contribution in [0.4, 0.5) is 0 Å². The molecular weight excluding hydrogens is 78.0 g/mol. The fourth-order valence-electron chi connectivity index (χ4n) is 0.389. The van der Waals surface area contributed by atoms with Crippen molar-refractivity contribution in [3.05, 3.63) is 0 Å². The molecule has 1 aliphatic rings. The van der Waals surface area contributed by atoms with Crippen molar-refractivity contribution >= 4 is 6.29 Å². The molecule has 1 fully saturated rings. The predicted octanol–water partition coefficient (Wildman–Crippen LogP) is -0.542. The monoisotopic (exact) mass is 84.0 g/mol. The molecule has 2 nitrogen and oxygen atoms in total. The maximum absolute atomic E-state index is 9.60. The number of nitrogens with one attached hydrogen (secondary N) is 1. The first-order chi connectivity index (χ1) is 2.93. The van der Waals surface area contributed by atoms with Crippen molar-refractivity contribution in [2.45, 2.75) is 12.5 Å². The topological polar surface area (TPSA) is 29.1 Å². The Hall–Kier alpha value is -0.370. The summed E-state index contributed by atoms with van der Waals surface area (Å²) < 4.78 is 0. The second-order valence-corrected chi connectivity index (χ2v) is 1.41. The van der Waals surface area contributed by atoms with Gasteiger partial charge in [0.15, 0.2) is 0 Å². The Kier molecular flexibility index (Phi) is 0.881. The van der Waals surface area contributed by atoms with E-state index in [2.05, 4.69) is 5.32 Å². The first-order valence-corrected chi connectivity index (χ1v) is 2.04. The standard InChI is InChI=1S/C4H6NO/c6-3-4-1-2-5-4/h4-5H,1-2H2/t4-/m0/s1. The lowest BCUT2D eigenvalue weighted by Gasteiger charge is -2.19. The molecule has 1 rings (SSSR count). The summed E-state index contributed by atoms with van der Waals surface area (Å²) in [5.41, 5.74) is 0. The predicted molar refractivity (Wildman–Crippen MR) is 22.1 cm³/mol. The van der Waals surface area contributed by atoms with E-state index in [0.717, 1.165) is 13.0 Å². The van der Waals surface area contributed by atoms with E-state index in [1.54, 1.807) is 0 Å². The van der Waals surface area contributed by atoms with Gasteiger partial charge in [-0.2, -0.15) is 0 Å². The summed E-state index contributed by atoms with van der Waals surface area (Å²) in [6, 6.07) is 0.0602. The number of hydrogen-bond acceptors (Lipinski definition) is 2. The summed E-state index contributed by atoms with van der Waals surface area (Å²) in [6.45, 7) is 0.986. The van der Waals surface area contributed by atoms with Crippen LogP contribution < -0.4 is 5.32 Å². The molecule has 0 aromatic carbocycles. The van der Waals surface area contributed by atoms with Crippen LogP contribution in [0, 0.1) is 0 Å². The molecule has 1 saturated heterocycles. The first-order valence-electron chi connectivity index (χ1n) is 2.04. The highest BCUT2D eigenvalue weighted by Crippen LogP contribution is 1.95. The lowest BCUT2D eigenvalue weighted by molar-refractivity contribution is 0.428. The highest BCUT2D eigenvalue weighted by molar-refractivity contribution is 5.59. The van der Waals surface area contributed by atoms with Crippen LogP contribution in [0.15, 0.2) is 0 Å². The average molecular weight is 84.1 g/mol. The summed E-state index contributed by atoms with van der Waals surface area (Å²) in [7, 11) is 0. The van der Waals surface area contributed by atoms with Gasteiger partial charge in [-0.25, -0.2) is 0 Å². The lowest BCUT2D eigenvalue weighted by Crippen LogP contribution is -2.43. The van der Waals surface area contributed by atoms with Crippen LogP contribution in [0.5, 0.6) is 0 Å². The molecule has 0 aromatic heterocycles. The van der Waals surface area contributed by atoms with E-state index in [9.17, 15) is 4.79 Å². The summed E-state index contributed by atoms with van der Waals surface area (Å²) >= 11 is 0. The van der Waals surface area contributed by atoms with Crippen LogP contribution in [0.3, 0.4) is 0 Å². The summed E-state index contributed by atoms with van der Waals surface area (Å²) in [6.07, 6.45) is 2.82. The molecule has 1 aliphatic heterocycles. The Morgan fingerprint density at radius 3 is 2.50 bits per heavy atom. The molecule has 2 heteroatoms. The van der Waals surface area contributed by atoms with Gasteiger partial charge in [-0.3, -0.25) is 4.79 Å². The van der Waals surface area contributed by atoms with Gasteiger partial charge < -0.3 is 5.32 Å². The number of rotatable bonds is 1. The molecule has 0 unspecified atom stereocenters. The van der Waals surface area contributed by atoms with Crippen molar-refractivity contribution in [1.82, 2.24) is 5.32 Å². The van der Waals surface area contributed by atoms with Crippen LogP contribution in [0.25, 0.3) is 0 Å². The highest BCUT2D eigenvalue weighted by atomic mass is 16.1. The molecule has 0 bridgehead atoms. The Bertz CT molecular complexity index is 58.6. The second-order valence-electron chi connectivity index (χ2n) is 1.41. The maximum atomic E-state index is 9.60. The zero-order valence-electron chi connectivity index (χ0n) is 3.40. The van der Waals surface area contributed by atoms with Crippen LogP contribution in [-0.4, -0.2) is 18.9 Å². The summed E-state index contributed by atoms with van der Waals surface area (Å²) in [4.78, 5) is 9.60. The third-order valence-corrected chi connectivity index (χ3v) is 0.966. The zero-order valence-corrected chi connectivity index (χ0v) is 3.40. The fraction of sp³-hybridized carbons (Fsp3) is 0.750. The van der Waals surface area contributed by atoms with Crippen LogP contribution in [0.1, 0.15) is 6.42 Å². The van der Waals surface area contributed by atoms with Crippen molar-refractivity contribution in [1.29, 1.82) is 0 Å². The van der Waals surface area contributed by atoms with Gasteiger partial charge >= 0.3 is 0 Å². The minimum atomic E-state index is 0.0602. The van der Waals surface area contributed by atoms with E-state index in [1.807, 2.05) is 6.29 Å². The van der Waals surface area contributed by atoms with E-state index in [1.165, 1.54) is 0 Å². The van der Waals surface area contributed by atoms with E-state index in [4.69, 9.17) is 0 Å². The average Bonchev–Trinajstić information content (AvgIpc) is 1.31. The lowest BCUT2D eigenvalue weighted by atomic mass is 10.1. The SMILES string of the molecule is O=[C][C@@H]1CCN1. The second kappa shape index (κ2) is 1.39. The van der Waals surface area contributed by atoms with Crippen molar-refractivity contribution in [2.75, 3.05) is 6.54 Å². The van der Waals surface area contributed by atoms with Crippen molar-refractivity contribution in [3.8, 4) is 0 Å². The van der Waals surface area contributed by atoms with Crippen molar-refractivity contribution in [2.24, 2.45) is 0 Å². The molecule has 1 heterocycles. The molecule has 1 N–H and O–H groups in total. The summed E-state index contributed by atoms with van der Waals surface area (Å²) in [5.74, 6) is 0. The van der Waals surface area contributed by atoms with Gasteiger partial charge in [0.1, 0.15) is 0 Å². The fourth-order valence-corrected chi connectivity index (χ4v) is 0.389. The molecule has 0 aliphatic carbocycles. The minimum Gasteiger partial charge on any atom is -0.307 e. The van der Waals surface area contributed by atoms with Gasteiger partial charge in [-0.15, -0.1) is 0 Å². The highest BCUT2D eigenvalue weighted by Gasteiger charge is 2.14. The van der Waals surface area contributed by atoms with Crippen molar-refractivity contribution < 1.29 is 4.79 Å². The van der Waals surface area contributed by atoms with Crippen LogP contribution >= 0.6 is 0 Å². The smallest absolute Gasteiger partial charge is 0.216 e. The van der Waals surface area contributed by atoms with Crippen LogP contribution in [-0.2, 0) is 4.79 Å². The van der Waals surface area contributed by atoms with Crippen LogP contribution in [0.2, 0.25) is 0 Å². The van der Waals surface area contributed by atoms with Gasteiger partial charge in [0, 0.05) is 0 Å². The minimum absolute atomic E-state index is 0.0602. The van der Waals surface area contributed by atoms with E-state index >= 15 is 0 Å². The molecule has 6 heavy (non-hydrogen) atoms. The maximum Gasteiger partial charge on any atom is 0.216 e. The number of hydrogen-bond donors (Lipinski definition) is 1. The first kappa shape index (κ1) is 3.81. The largest absolute Gasteiger partial charge is 0.307 e. The normalized spacial score (nSPS) is 31.7. The Balaban J connectivity index is 2.16. The van der Waals surface area contributed by atoms with E-state index < -0.39 is 0 Å². The number of carbonyl (C=O) groups excluding carboxylic acids is 1. The Labute approximate surface area is 36.5 Å².